The SMILES string of the molecule is CCOC(=O)c1sc(N2C(=O)C(=O)/C(=C(/O)c3ccc(OC)cc3)[C@H]2c2ccccc2F)nc1C. The van der Waals surface area contributed by atoms with Gasteiger partial charge in [-0.25, -0.2) is 14.2 Å². The second-order valence-electron chi connectivity index (χ2n) is 7.55. The molecule has 4 rings (SSSR count). The zero-order valence-electron chi connectivity index (χ0n) is 19.1. The number of aliphatic hydroxyl groups excluding tert-OH is 1. The first-order valence-electron chi connectivity index (χ1n) is 10.6. The van der Waals surface area contributed by atoms with Gasteiger partial charge in [0.25, 0.3) is 5.78 Å². The van der Waals surface area contributed by atoms with Gasteiger partial charge in [-0.1, -0.05) is 29.5 Å². The van der Waals surface area contributed by atoms with Crippen LogP contribution in [0.15, 0.2) is 54.1 Å². The number of anilines is 1. The zero-order valence-corrected chi connectivity index (χ0v) is 19.9. The fourth-order valence-electron chi connectivity index (χ4n) is 3.80. The van der Waals surface area contributed by atoms with Crippen LogP contribution in [-0.2, 0) is 14.3 Å². The summed E-state index contributed by atoms with van der Waals surface area (Å²) in [6.07, 6.45) is 0. The number of carbonyl (C=O) groups is 3. The number of ketones is 1. The van der Waals surface area contributed by atoms with Crippen LogP contribution in [0.25, 0.3) is 5.76 Å². The summed E-state index contributed by atoms with van der Waals surface area (Å²) in [5.74, 6) is -3.25. The zero-order chi connectivity index (χ0) is 25.3. The van der Waals surface area contributed by atoms with Crippen LogP contribution < -0.4 is 9.64 Å². The van der Waals surface area contributed by atoms with Crippen molar-refractivity contribution in [3.8, 4) is 5.75 Å². The predicted octanol–water partition coefficient (Wildman–Crippen LogP) is 4.40. The van der Waals surface area contributed by atoms with E-state index in [0.29, 0.717) is 11.4 Å². The maximum Gasteiger partial charge on any atom is 0.350 e. The van der Waals surface area contributed by atoms with Crippen LogP contribution in [0, 0.1) is 12.7 Å². The predicted molar refractivity (Wildman–Crippen MR) is 127 cm³/mol. The Morgan fingerprint density at radius 2 is 1.86 bits per heavy atom. The van der Waals surface area contributed by atoms with Crippen LogP contribution >= 0.6 is 11.3 Å². The molecule has 1 aromatic heterocycles. The molecular weight excluding hydrogens is 475 g/mol. The van der Waals surface area contributed by atoms with Crippen LogP contribution in [0.4, 0.5) is 9.52 Å². The molecule has 2 aromatic carbocycles. The molecular formula is C25H21FN2O6S. The lowest BCUT2D eigenvalue weighted by molar-refractivity contribution is -0.132. The molecule has 0 aliphatic carbocycles. The molecule has 0 unspecified atom stereocenters. The topological polar surface area (TPSA) is 106 Å². The Kier molecular flexibility index (Phi) is 6.65. The Morgan fingerprint density at radius 1 is 1.17 bits per heavy atom. The quantitative estimate of drug-likeness (QED) is 0.233. The average Bonchev–Trinajstić information content (AvgIpc) is 3.36. The summed E-state index contributed by atoms with van der Waals surface area (Å²) >= 11 is 0.853. The highest BCUT2D eigenvalue weighted by Gasteiger charge is 2.49. The van der Waals surface area contributed by atoms with Crippen molar-refractivity contribution in [3.63, 3.8) is 0 Å². The van der Waals surface area contributed by atoms with Crippen LogP contribution in [0.5, 0.6) is 5.75 Å². The van der Waals surface area contributed by atoms with Gasteiger partial charge in [0.1, 0.15) is 28.2 Å². The fraction of sp³-hybridized carbons (Fsp3) is 0.200. The van der Waals surface area contributed by atoms with E-state index in [1.807, 2.05) is 0 Å². The minimum Gasteiger partial charge on any atom is -0.507 e. The number of Topliss-reactive ketones (excluding diaryl/α,β-unsaturated/α-hetero) is 1. The number of halogens is 1. The summed E-state index contributed by atoms with van der Waals surface area (Å²) in [4.78, 5) is 44.2. The Hall–Kier alpha value is -4.05. The number of esters is 1. The van der Waals surface area contributed by atoms with Gasteiger partial charge in [0.05, 0.1) is 25.0 Å². The fourth-order valence-corrected chi connectivity index (χ4v) is 4.78. The summed E-state index contributed by atoms with van der Waals surface area (Å²) in [5, 5.41) is 11.1. The molecule has 0 bridgehead atoms. The van der Waals surface area contributed by atoms with Crippen molar-refractivity contribution in [2.45, 2.75) is 19.9 Å². The monoisotopic (exact) mass is 496 g/mol. The van der Waals surface area contributed by atoms with E-state index in [1.54, 1.807) is 32.0 Å². The molecule has 2 heterocycles. The molecule has 1 aliphatic heterocycles. The van der Waals surface area contributed by atoms with Gasteiger partial charge in [-0.15, -0.1) is 0 Å². The summed E-state index contributed by atoms with van der Waals surface area (Å²) in [5.41, 5.74) is 0.239. The first kappa shape index (κ1) is 24.1. The van der Waals surface area contributed by atoms with E-state index in [2.05, 4.69) is 4.98 Å². The molecule has 0 saturated carbocycles. The van der Waals surface area contributed by atoms with Crippen LogP contribution in [-0.4, -0.2) is 41.5 Å². The number of aliphatic hydroxyl groups is 1. The Labute approximate surface area is 204 Å². The number of benzene rings is 2. The van der Waals surface area contributed by atoms with Crippen molar-refractivity contribution in [2.24, 2.45) is 0 Å². The molecule has 0 spiro atoms. The molecule has 1 fully saturated rings. The molecule has 1 saturated heterocycles. The summed E-state index contributed by atoms with van der Waals surface area (Å²) in [7, 11) is 1.49. The average molecular weight is 497 g/mol. The van der Waals surface area contributed by atoms with Crippen molar-refractivity contribution in [2.75, 3.05) is 18.6 Å². The van der Waals surface area contributed by atoms with Gasteiger partial charge in [0, 0.05) is 11.1 Å². The number of rotatable bonds is 6. The van der Waals surface area contributed by atoms with E-state index in [-0.39, 0.29) is 33.3 Å². The Bertz CT molecular complexity index is 1350. The number of thiazole rings is 1. The second kappa shape index (κ2) is 9.67. The highest BCUT2D eigenvalue weighted by atomic mass is 32.1. The number of nitrogens with zero attached hydrogens (tertiary/aromatic N) is 2. The van der Waals surface area contributed by atoms with E-state index in [4.69, 9.17) is 9.47 Å². The number of ether oxygens (including phenoxy) is 2. The van der Waals surface area contributed by atoms with Crippen molar-refractivity contribution in [1.82, 2.24) is 4.98 Å². The lowest BCUT2D eigenvalue weighted by Crippen LogP contribution is -2.29. The minimum atomic E-state index is -1.31. The van der Waals surface area contributed by atoms with Crippen molar-refractivity contribution in [1.29, 1.82) is 0 Å². The summed E-state index contributed by atoms with van der Waals surface area (Å²) in [6.45, 7) is 3.37. The Balaban J connectivity index is 1.91. The number of hydrogen-bond donors (Lipinski definition) is 1. The standard InChI is InChI=1S/C25H21FN2O6S/c1-4-34-24(32)22-13(2)27-25(35-22)28-19(16-7-5-6-8-17(16)26)18(21(30)23(28)31)20(29)14-9-11-15(33-3)12-10-14/h5-12,19,29H,4H2,1-3H3/b20-18+/t19-/m1/s1. The lowest BCUT2D eigenvalue weighted by Gasteiger charge is -2.23. The molecule has 3 aromatic rings. The van der Waals surface area contributed by atoms with Crippen molar-refractivity contribution < 1.29 is 33.4 Å². The number of hydrogen-bond acceptors (Lipinski definition) is 8. The van der Waals surface area contributed by atoms with Gasteiger partial charge in [0.2, 0.25) is 0 Å². The van der Waals surface area contributed by atoms with E-state index < -0.39 is 35.3 Å². The molecule has 180 valence electrons. The normalized spacial score (nSPS) is 17.0. The van der Waals surface area contributed by atoms with Gasteiger partial charge in [-0.2, -0.15) is 0 Å². The molecule has 35 heavy (non-hydrogen) atoms. The lowest BCUT2D eigenvalue weighted by atomic mass is 9.95. The third-order valence-corrected chi connectivity index (χ3v) is 6.60. The Morgan fingerprint density at radius 3 is 2.49 bits per heavy atom. The molecule has 1 N–H and O–H groups in total. The third-order valence-electron chi connectivity index (χ3n) is 5.46. The largest absolute Gasteiger partial charge is 0.507 e. The van der Waals surface area contributed by atoms with E-state index in [9.17, 15) is 23.9 Å². The number of aromatic nitrogens is 1. The van der Waals surface area contributed by atoms with Gasteiger partial charge < -0.3 is 14.6 Å². The summed E-state index contributed by atoms with van der Waals surface area (Å²) in [6, 6.07) is 10.5. The molecule has 8 nitrogen and oxygen atoms in total. The third kappa shape index (κ3) is 4.28. The highest BCUT2D eigenvalue weighted by molar-refractivity contribution is 7.17. The second-order valence-corrected chi connectivity index (χ2v) is 8.53. The molecule has 1 aliphatic rings. The van der Waals surface area contributed by atoms with Gasteiger partial charge in [-0.05, 0) is 44.2 Å². The first-order chi connectivity index (χ1) is 16.8. The van der Waals surface area contributed by atoms with Crippen molar-refractivity contribution in [3.05, 3.63) is 81.6 Å². The number of carbonyl (C=O) groups excluding carboxylic acids is 3. The molecule has 1 amide bonds. The van der Waals surface area contributed by atoms with E-state index in [0.717, 1.165) is 16.2 Å². The first-order valence-corrected chi connectivity index (χ1v) is 11.4. The number of methoxy groups -OCH3 is 1. The molecule has 0 radical (unpaired) electrons. The van der Waals surface area contributed by atoms with E-state index >= 15 is 0 Å². The van der Waals surface area contributed by atoms with Gasteiger partial charge >= 0.3 is 11.9 Å². The minimum absolute atomic E-state index is 0.00713. The summed E-state index contributed by atoms with van der Waals surface area (Å²) < 4.78 is 25.1. The maximum absolute atomic E-state index is 15.0. The smallest absolute Gasteiger partial charge is 0.350 e. The number of aryl methyl sites for hydroxylation is 1. The van der Waals surface area contributed by atoms with Crippen LogP contribution in [0.1, 0.15) is 39.5 Å². The highest BCUT2D eigenvalue weighted by Crippen LogP contribution is 2.44. The maximum atomic E-state index is 15.0. The van der Waals surface area contributed by atoms with E-state index in [1.165, 1.54) is 37.4 Å². The van der Waals surface area contributed by atoms with Crippen LogP contribution in [0.3, 0.4) is 0 Å². The van der Waals surface area contributed by atoms with Gasteiger partial charge in [-0.3, -0.25) is 14.5 Å². The van der Waals surface area contributed by atoms with Gasteiger partial charge in [0.15, 0.2) is 5.13 Å². The molecule has 10 heteroatoms. The molecule has 1 atom stereocenters. The van der Waals surface area contributed by atoms with Crippen molar-refractivity contribution >= 4 is 39.9 Å². The van der Waals surface area contributed by atoms with Crippen LogP contribution in [0.2, 0.25) is 0 Å². The number of amides is 1.